The average Bonchev–Trinajstić information content (AvgIpc) is 2.78. The number of aromatic nitrogens is 2. The maximum Gasteiger partial charge on any atom is 0.252 e. The van der Waals surface area contributed by atoms with E-state index in [0.717, 1.165) is 42.8 Å². The van der Waals surface area contributed by atoms with Crippen molar-refractivity contribution in [1.82, 2.24) is 15.3 Å². The molecular weight excluding hydrogens is 404 g/mol. The summed E-state index contributed by atoms with van der Waals surface area (Å²) >= 11 is 6.52. The second-order valence-corrected chi connectivity index (χ2v) is 8.55. The van der Waals surface area contributed by atoms with Gasteiger partial charge in [-0.05, 0) is 37.3 Å². The molecule has 0 aliphatic carbocycles. The van der Waals surface area contributed by atoms with Gasteiger partial charge in [0, 0.05) is 49.4 Å². The number of piperidine rings is 1. The van der Waals surface area contributed by atoms with Crippen molar-refractivity contribution in [3.05, 3.63) is 57.6 Å². The summed E-state index contributed by atoms with van der Waals surface area (Å²) in [6.07, 6.45) is 4.76. The van der Waals surface area contributed by atoms with E-state index >= 15 is 0 Å². The number of anilines is 1. The highest BCUT2D eigenvalue weighted by Gasteiger charge is 2.37. The maximum atomic E-state index is 13.1. The Labute approximate surface area is 180 Å². The van der Waals surface area contributed by atoms with Crippen LogP contribution in [-0.4, -0.2) is 48.7 Å². The average molecular weight is 431 g/mol. The minimum absolute atomic E-state index is 0.0439. The van der Waals surface area contributed by atoms with Crippen LogP contribution in [0, 0.1) is 5.92 Å². The zero-order valence-electron chi connectivity index (χ0n) is 16.9. The monoisotopic (exact) mass is 430 g/mol. The molecule has 2 aliphatic rings. The molecule has 2 aromatic rings. The van der Waals surface area contributed by atoms with Gasteiger partial charge in [0.25, 0.3) is 5.56 Å². The standard InChI is InChI=1S/C22H27ClN4O3/c23-18-6-2-1-5-17(18)22(7-10-30-11-8-22)14-24-21(29)16-4-3-9-27(13-16)19-12-20(28)26-15-25-19/h1-2,5-6,12,15-16H,3-4,7-11,13-14H2,(H,24,29)(H,25,26,28). The van der Waals surface area contributed by atoms with E-state index in [1.165, 1.54) is 12.4 Å². The minimum atomic E-state index is -0.213. The third kappa shape index (κ3) is 4.52. The quantitative estimate of drug-likeness (QED) is 0.761. The van der Waals surface area contributed by atoms with Crippen molar-refractivity contribution in [3.8, 4) is 0 Å². The second-order valence-electron chi connectivity index (χ2n) is 8.14. The summed E-state index contributed by atoms with van der Waals surface area (Å²) < 4.78 is 5.58. The summed E-state index contributed by atoms with van der Waals surface area (Å²) in [6, 6.07) is 9.36. The molecule has 8 heteroatoms. The van der Waals surface area contributed by atoms with Gasteiger partial charge in [-0.1, -0.05) is 29.8 Å². The third-order valence-corrected chi connectivity index (χ3v) is 6.61. The second kappa shape index (κ2) is 9.18. The van der Waals surface area contributed by atoms with Crippen LogP contribution in [0.25, 0.3) is 0 Å². The Bertz CT molecular complexity index is 942. The van der Waals surface area contributed by atoms with Crippen molar-refractivity contribution in [2.75, 3.05) is 37.7 Å². The van der Waals surface area contributed by atoms with Crippen LogP contribution in [0.3, 0.4) is 0 Å². The molecular formula is C22H27ClN4O3. The largest absolute Gasteiger partial charge is 0.381 e. The zero-order chi connectivity index (χ0) is 21.0. The van der Waals surface area contributed by atoms with Crippen molar-refractivity contribution in [2.45, 2.75) is 31.1 Å². The minimum Gasteiger partial charge on any atom is -0.381 e. The van der Waals surface area contributed by atoms with Crippen LogP contribution >= 0.6 is 11.6 Å². The summed E-state index contributed by atoms with van der Waals surface area (Å²) in [5, 5.41) is 3.94. The highest BCUT2D eigenvalue weighted by molar-refractivity contribution is 6.31. The molecule has 1 unspecified atom stereocenters. The molecule has 0 spiro atoms. The molecule has 3 heterocycles. The molecule has 1 amide bonds. The van der Waals surface area contributed by atoms with E-state index in [1.54, 1.807) is 0 Å². The molecule has 0 radical (unpaired) electrons. The number of benzene rings is 1. The zero-order valence-corrected chi connectivity index (χ0v) is 17.7. The molecule has 1 atom stereocenters. The number of carbonyl (C=O) groups is 1. The Morgan fingerprint density at radius 3 is 2.90 bits per heavy atom. The molecule has 2 aliphatic heterocycles. The number of ether oxygens (including phenoxy) is 1. The first-order valence-electron chi connectivity index (χ1n) is 10.5. The fourth-order valence-electron chi connectivity index (χ4n) is 4.53. The van der Waals surface area contributed by atoms with Gasteiger partial charge in [-0.25, -0.2) is 4.98 Å². The Balaban J connectivity index is 1.44. The number of halogens is 1. The predicted molar refractivity (Wildman–Crippen MR) is 116 cm³/mol. The third-order valence-electron chi connectivity index (χ3n) is 6.28. The van der Waals surface area contributed by atoms with E-state index in [4.69, 9.17) is 16.3 Å². The topological polar surface area (TPSA) is 87.3 Å². The van der Waals surface area contributed by atoms with Gasteiger partial charge in [0.2, 0.25) is 5.91 Å². The maximum absolute atomic E-state index is 13.1. The number of carbonyl (C=O) groups excluding carboxylic acids is 1. The summed E-state index contributed by atoms with van der Waals surface area (Å²) in [6.45, 7) is 3.21. The number of nitrogens with one attached hydrogen (secondary N) is 2. The van der Waals surface area contributed by atoms with E-state index < -0.39 is 0 Å². The molecule has 1 aromatic carbocycles. The smallest absolute Gasteiger partial charge is 0.252 e. The first-order valence-corrected chi connectivity index (χ1v) is 10.9. The summed E-state index contributed by atoms with van der Waals surface area (Å²) in [4.78, 5) is 33.4. The number of nitrogens with zero attached hydrogens (tertiary/aromatic N) is 2. The van der Waals surface area contributed by atoms with Crippen LogP contribution in [-0.2, 0) is 14.9 Å². The molecule has 2 saturated heterocycles. The Morgan fingerprint density at radius 1 is 1.33 bits per heavy atom. The highest BCUT2D eigenvalue weighted by Crippen LogP contribution is 2.38. The van der Waals surface area contributed by atoms with Crippen LogP contribution in [0.15, 0.2) is 41.5 Å². The van der Waals surface area contributed by atoms with Gasteiger partial charge in [-0.2, -0.15) is 0 Å². The number of amides is 1. The molecule has 2 fully saturated rings. The summed E-state index contributed by atoms with van der Waals surface area (Å²) in [5.74, 6) is 0.527. The van der Waals surface area contributed by atoms with Gasteiger partial charge < -0.3 is 19.9 Å². The lowest BCUT2D eigenvalue weighted by molar-refractivity contribution is -0.125. The van der Waals surface area contributed by atoms with Gasteiger partial charge in [-0.15, -0.1) is 0 Å². The molecule has 0 saturated carbocycles. The SMILES string of the molecule is O=C(NCC1(c2ccccc2Cl)CCOCC1)C1CCCN(c2cc(=O)[nH]cn2)C1. The lowest BCUT2D eigenvalue weighted by Crippen LogP contribution is -2.49. The Morgan fingerprint density at radius 2 is 2.13 bits per heavy atom. The number of rotatable bonds is 5. The highest BCUT2D eigenvalue weighted by atomic mass is 35.5. The lowest BCUT2D eigenvalue weighted by Gasteiger charge is -2.39. The van der Waals surface area contributed by atoms with Crippen LogP contribution in [0.2, 0.25) is 5.02 Å². The van der Waals surface area contributed by atoms with E-state index in [-0.39, 0.29) is 22.8 Å². The number of hydrogen-bond donors (Lipinski definition) is 2. The molecule has 4 rings (SSSR count). The summed E-state index contributed by atoms with van der Waals surface area (Å²) in [7, 11) is 0. The van der Waals surface area contributed by atoms with Crippen molar-refractivity contribution < 1.29 is 9.53 Å². The van der Waals surface area contributed by atoms with Crippen LogP contribution in [0.1, 0.15) is 31.2 Å². The van der Waals surface area contributed by atoms with Crippen molar-refractivity contribution >= 4 is 23.3 Å². The van der Waals surface area contributed by atoms with Crippen molar-refractivity contribution in [1.29, 1.82) is 0 Å². The Hall–Kier alpha value is -2.38. The fourth-order valence-corrected chi connectivity index (χ4v) is 4.86. The molecule has 30 heavy (non-hydrogen) atoms. The van der Waals surface area contributed by atoms with E-state index in [2.05, 4.69) is 21.4 Å². The van der Waals surface area contributed by atoms with Crippen LogP contribution in [0.4, 0.5) is 5.82 Å². The molecule has 0 bridgehead atoms. The number of hydrogen-bond acceptors (Lipinski definition) is 5. The predicted octanol–water partition coefficient (Wildman–Crippen LogP) is 2.50. The fraction of sp³-hybridized carbons (Fsp3) is 0.500. The van der Waals surface area contributed by atoms with E-state index in [0.29, 0.717) is 32.1 Å². The molecule has 7 nitrogen and oxygen atoms in total. The van der Waals surface area contributed by atoms with Gasteiger partial charge in [-0.3, -0.25) is 9.59 Å². The summed E-state index contributed by atoms with van der Waals surface area (Å²) in [5.41, 5.74) is 0.676. The van der Waals surface area contributed by atoms with Crippen molar-refractivity contribution in [3.63, 3.8) is 0 Å². The van der Waals surface area contributed by atoms with E-state index in [1.807, 2.05) is 23.1 Å². The molecule has 2 N–H and O–H groups in total. The normalized spacial score (nSPS) is 21.2. The first-order chi connectivity index (χ1) is 14.6. The number of H-pyrrole nitrogens is 1. The van der Waals surface area contributed by atoms with Gasteiger partial charge >= 0.3 is 0 Å². The van der Waals surface area contributed by atoms with Crippen molar-refractivity contribution in [2.24, 2.45) is 5.92 Å². The van der Waals surface area contributed by atoms with Gasteiger partial charge in [0.1, 0.15) is 5.82 Å². The first kappa shape index (κ1) is 20.9. The lowest BCUT2D eigenvalue weighted by atomic mass is 9.74. The van der Waals surface area contributed by atoms with Crippen LogP contribution < -0.4 is 15.8 Å². The van der Waals surface area contributed by atoms with Gasteiger partial charge in [0.15, 0.2) is 0 Å². The molecule has 160 valence electrons. The van der Waals surface area contributed by atoms with E-state index in [9.17, 15) is 9.59 Å². The van der Waals surface area contributed by atoms with Crippen LogP contribution in [0.5, 0.6) is 0 Å². The Kier molecular flexibility index (Phi) is 6.39. The number of aromatic amines is 1. The van der Waals surface area contributed by atoms with Gasteiger partial charge in [0.05, 0.1) is 12.2 Å². The molecule has 1 aromatic heterocycles.